The van der Waals surface area contributed by atoms with Crippen molar-refractivity contribution in [2.24, 2.45) is 0 Å². The summed E-state index contributed by atoms with van der Waals surface area (Å²) in [6.07, 6.45) is 0. The molecule has 0 saturated heterocycles. The Morgan fingerprint density at radius 3 is 2.56 bits per heavy atom. The van der Waals surface area contributed by atoms with Crippen LogP contribution in [0.4, 0.5) is 0 Å². The van der Waals surface area contributed by atoms with Crippen LogP contribution in [0.5, 0.6) is 5.75 Å². The standard InChI is InChI=1S/C13H13BrN2O2/c1-8-6-9(2)16(15-8)13(17)10-4-5-12(18-3)11(14)7-10/h4-7H,1-3H3. The molecule has 0 unspecified atom stereocenters. The SMILES string of the molecule is COc1ccc(C(=O)n2nc(C)cc2C)cc1Br. The van der Waals surface area contributed by atoms with Crippen LogP contribution >= 0.6 is 15.9 Å². The van der Waals surface area contributed by atoms with Gasteiger partial charge in [-0.05, 0) is 54.0 Å². The van der Waals surface area contributed by atoms with E-state index in [1.54, 1.807) is 25.3 Å². The van der Waals surface area contributed by atoms with E-state index in [9.17, 15) is 4.79 Å². The molecule has 2 aromatic rings. The number of aromatic nitrogens is 2. The van der Waals surface area contributed by atoms with Gasteiger partial charge in [0.1, 0.15) is 5.75 Å². The van der Waals surface area contributed by atoms with Gasteiger partial charge in [-0.15, -0.1) is 0 Å². The van der Waals surface area contributed by atoms with Crippen LogP contribution in [0.1, 0.15) is 21.7 Å². The fourth-order valence-corrected chi connectivity index (χ4v) is 2.30. The van der Waals surface area contributed by atoms with Crippen LogP contribution in [0, 0.1) is 13.8 Å². The summed E-state index contributed by atoms with van der Waals surface area (Å²) < 4.78 is 7.29. The maximum absolute atomic E-state index is 12.3. The predicted molar refractivity (Wildman–Crippen MR) is 72.1 cm³/mol. The molecular weight excluding hydrogens is 296 g/mol. The average Bonchev–Trinajstić information content (AvgIpc) is 2.67. The molecule has 0 fully saturated rings. The van der Waals surface area contributed by atoms with Gasteiger partial charge in [0.2, 0.25) is 0 Å². The minimum absolute atomic E-state index is 0.149. The van der Waals surface area contributed by atoms with Gasteiger partial charge >= 0.3 is 0 Å². The van der Waals surface area contributed by atoms with Gasteiger partial charge in [0.25, 0.3) is 5.91 Å². The molecule has 0 aliphatic carbocycles. The van der Waals surface area contributed by atoms with Crippen molar-refractivity contribution in [3.63, 3.8) is 0 Å². The Morgan fingerprint density at radius 2 is 2.06 bits per heavy atom. The molecule has 0 amide bonds. The number of rotatable bonds is 2. The Labute approximate surface area is 114 Å². The highest BCUT2D eigenvalue weighted by Gasteiger charge is 2.14. The number of benzene rings is 1. The van der Waals surface area contributed by atoms with Crippen molar-refractivity contribution in [3.8, 4) is 5.75 Å². The molecule has 5 heteroatoms. The summed E-state index contributed by atoms with van der Waals surface area (Å²) in [7, 11) is 1.59. The Bertz CT molecular complexity index is 605. The summed E-state index contributed by atoms with van der Waals surface area (Å²) in [5.74, 6) is 0.545. The normalized spacial score (nSPS) is 10.4. The van der Waals surface area contributed by atoms with Crippen LogP contribution in [0.25, 0.3) is 0 Å². The first kappa shape index (κ1) is 12.8. The highest BCUT2D eigenvalue weighted by atomic mass is 79.9. The van der Waals surface area contributed by atoms with Gasteiger partial charge < -0.3 is 4.74 Å². The van der Waals surface area contributed by atoms with E-state index in [2.05, 4.69) is 21.0 Å². The molecule has 0 spiro atoms. The van der Waals surface area contributed by atoms with E-state index in [0.717, 1.165) is 15.9 Å². The third kappa shape index (κ3) is 2.31. The van der Waals surface area contributed by atoms with Crippen molar-refractivity contribution in [1.82, 2.24) is 9.78 Å². The molecule has 0 aliphatic rings. The van der Waals surface area contributed by atoms with E-state index in [1.165, 1.54) is 4.68 Å². The number of ether oxygens (including phenoxy) is 1. The first-order valence-corrected chi connectivity index (χ1v) is 6.23. The molecule has 0 atom stereocenters. The van der Waals surface area contributed by atoms with E-state index in [1.807, 2.05) is 19.9 Å². The average molecular weight is 309 g/mol. The molecule has 0 saturated carbocycles. The van der Waals surface area contributed by atoms with Gasteiger partial charge in [0.15, 0.2) is 0 Å². The van der Waals surface area contributed by atoms with Gasteiger partial charge in [0.05, 0.1) is 17.3 Å². The van der Waals surface area contributed by atoms with Gasteiger partial charge in [-0.1, -0.05) is 0 Å². The van der Waals surface area contributed by atoms with E-state index in [4.69, 9.17) is 4.74 Å². The second kappa shape index (κ2) is 4.94. The molecule has 4 nitrogen and oxygen atoms in total. The lowest BCUT2D eigenvalue weighted by Crippen LogP contribution is -2.15. The number of carbonyl (C=O) groups is 1. The molecule has 0 aliphatic heterocycles. The zero-order valence-corrected chi connectivity index (χ0v) is 12.0. The maximum atomic E-state index is 12.3. The molecule has 0 bridgehead atoms. The number of halogens is 1. The van der Waals surface area contributed by atoms with Crippen LogP contribution in [0.15, 0.2) is 28.7 Å². The van der Waals surface area contributed by atoms with Gasteiger partial charge in [-0.25, -0.2) is 4.68 Å². The first-order valence-electron chi connectivity index (χ1n) is 5.44. The van der Waals surface area contributed by atoms with Crippen molar-refractivity contribution < 1.29 is 9.53 Å². The highest BCUT2D eigenvalue weighted by molar-refractivity contribution is 9.10. The minimum atomic E-state index is -0.149. The van der Waals surface area contributed by atoms with Crippen LogP contribution in [0.3, 0.4) is 0 Å². The molecule has 1 aromatic carbocycles. The van der Waals surface area contributed by atoms with Gasteiger partial charge in [-0.3, -0.25) is 4.79 Å². The molecule has 1 aromatic heterocycles. The van der Waals surface area contributed by atoms with Crippen LogP contribution < -0.4 is 4.74 Å². The predicted octanol–water partition coefficient (Wildman–Crippen LogP) is 2.96. The number of hydrogen-bond acceptors (Lipinski definition) is 3. The van der Waals surface area contributed by atoms with Gasteiger partial charge in [-0.2, -0.15) is 5.10 Å². The molecule has 0 radical (unpaired) electrons. The number of carbonyl (C=O) groups excluding carboxylic acids is 1. The quantitative estimate of drug-likeness (QED) is 0.856. The zero-order chi connectivity index (χ0) is 13.3. The largest absolute Gasteiger partial charge is 0.496 e. The lowest BCUT2D eigenvalue weighted by molar-refractivity contribution is 0.0942. The zero-order valence-electron chi connectivity index (χ0n) is 10.4. The van der Waals surface area contributed by atoms with Crippen molar-refractivity contribution in [3.05, 3.63) is 45.7 Å². The first-order chi connectivity index (χ1) is 8.52. The fraction of sp³-hybridized carbons (Fsp3) is 0.231. The Hall–Kier alpha value is -1.62. The number of hydrogen-bond donors (Lipinski definition) is 0. The highest BCUT2D eigenvalue weighted by Crippen LogP contribution is 2.25. The monoisotopic (exact) mass is 308 g/mol. The van der Waals surface area contributed by atoms with E-state index >= 15 is 0 Å². The second-order valence-electron chi connectivity index (χ2n) is 3.99. The van der Waals surface area contributed by atoms with Crippen molar-refractivity contribution >= 4 is 21.8 Å². The summed E-state index contributed by atoms with van der Waals surface area (Å²) in [5.41, 5.74) is 2.21. The summed E-state index contributed by atoms with van der Waals surface area (Å²) in [5, 5.41) is 4.18. The fourth-order valence-electron chi connectivity index (χ4n) is 1.76. The molecule has 0 N–H and O–H groups in total. The lowest BCUT2D eigenvalue weighted by atomic mass is 10.2. The summed E-state index contributed by atoms with van der Waals surface area (Å²) in [6, 6.07) is 7.08. The lowest BCUT2D eigenvalue weighted by Gasteiger charge is -2.06. The molecule has 1 heterocycles. The molecule has 2 rings (SSSR count). The third-order valence-electron chi connectivity index (χ3n) is 2.60. The third-order valence-corrected chi connectivity index (χ3v) is 3.22. The topological polar surface area (TPSA) is 44.1 Å². The van der Waals surface area contributed by atoms with Crippen LogP contribution in [-0.2, 0) is 0 Å². The van der Waals surface area contributed by atoms with Crippen LogP contribution in [0.2, 0.25) is 0 Å². The van der Waals surface area contributed by atoms with Crippen molar-refractivity contribution in [2.45, 2.75) is 13.8 Å². The van der Waals surface area contributed by atoms with E-state index in [0.29, 0.717) is 11.3 Å². The smallest absolute Gasteiger partial charge is 0.278 e. The van der Waals surface area contributed by atoms with Crippen molar-refractivity contribution in [2.75, 3.05) is 7.11 Å². The van der Waals surface area contributed by atoms with Crippen molar-refractivity contribution in [1.29, 1.82) is 0 Å². The minimum Gasteiger partial charge on any atom is -0.496 e. The Balaban J connectivity index is 2.40. The Morgan fingerprint density at radius 1 is 1.33 bits per heavy atom. The number of methoxy groups -OCH3 is 1. The van der Waals surface area contributed by atoms with Crippen LogP contribution in [-0.4, -0.2) is 22.8 Å². The van der Waals surface area contributed by atoms with Gasteiger partial charge in [0, 0.05) is 11.3 Å². The molecular formula is C13H13BrN2O2. The van der Waals surface area contributed by atoms with E-state index < -0.39 is 0 Å². The maximum Gasteiger partial charge on any atom is 0.278 e. The molecule has 18 heavy (non-hydrogen) atoms. The summed E-state index contributed by atoms with van der Waals surface area (Å²) in [4.78, 5) is 12.3. The second-order valence-corrected chi connectivity index (χ2v) is 4.85. The number of aryl methyl sites for hydroxylation is 2. The Kier molecular flexibility index (Phi) is 3.52. The summed E-state index contributed by atoms with van der Waals surface area (Å²) >= 11 is 3.36. The number of nitrogens with zero attached hydrogens (tertiary/aromatic N) is 2. The van der Waals surface area contributed by atoms with E-state index in [-0.39, 0.29) is 5.91 Å². The molecule has 94 valence electrons. The summed E-state index contributed by atoms with van der Waals surface area (Å²) in [6.45, 7) is 3.72.